The van der Waals surface area contributed by atoms with Crippen molar-refractivity contribution in [2.75, 3.05) is 11.9 Å². The monoisotopic (exact) mass is 259 g/mol. The highest BCUT2D eigenvalue weighted by Gasteiger charge is 2.17. The number of aryl methyl sites for hydroxylation is 1. The maximum absolute atomic E-state index is 4.67. The number of anilines is 1. The van der Waals surface area contributed by atoms with Crippen LogP contribution in [0, 0.1) is 6.92 Å². The number of aromatic nitrogens is 3. The fourth-order valence-electron chi connectivity index (χ4n) is 2.27. The van der Waals surface area contributed by atoms with Crippen LogP contribution in [0.15, 0.2) is 22.8 Å². The van der Waals surface area contributed by atoms with E-state index in [9.17, 15) is 0 Å². The van der Waals surface area contributed by atoms with Gasteiger partial charge in [0, 0.05) is 6.04 Å². The van der Waals surface area contributed by atoms with E-state index < -0.39 is 0 Å². The summed E-state index contributed by atoms with van der Waals surface area (Å²) in [5.41, 5.74) is 2.71. The second kappa shape index (κ2) is 5.36. The van der Waals surface area contributed by atoms with E-state index in [-0.39, 0.29) is 0 Å². The van der Waals surface area contributed by atoms with Crippen molar-refractivity contribution in [2.24, 2.45) is 0 Å². The Bertz CT molecular complexity index is 547. The molecule has 2 aromatic rings. The molecule has 100 valence electrons. The number of nitrogens with one attached hydrogen (secondary N) is 2. The molecule has 0 radical (unpaired) electrons. The smallest absolute Gasteiger partial charge is 0.127 e. The van der Waals surface area contributed by atoms with Crippen LogP contribution in [0.5, 0.6) is 0 Å². The lowest BCUT2D eigenvalue weighted by Gasteiger charge is -2.11. The molecule has 0 spiro atoms. The van der Waals surface area contributed by atoms with Crippen molar-refractivity contribution in [3.63, 3.8) is 0 Å². The molecule has 0 unspecified atom stereocenters. The van der Waals surface area contributed by atoms with E-state index in [0.717, 1.165) is 35.9 Å². The van der Waals surface area contributed by atoms with Gasteiger partial charge in [0.25, 0.3) is 0 Å². The van der Waals surface area contributed by atoms with Gasteiger partial charge < -0.3 is 10.6 Å². The lowest BCUT2D eigenvalue weighted by atomic mass is 10.1. The molecule has 19 heavy (non-hydrogen) atoms. The van der Waals surface area contributed by atoms with Gasteiger partial charge in [-0.2, -0.15) is 0 Å². The zero-order valence-electron chi connectivity index (χ0n) is 10.9. The molecule has 1 fully saturated rings. The van der Waals surface area contributed by atoms with E-state index in [4.69, 9.17) is 0 Å². The molecule has 2 N–H and O–H groups in total. The van der Waals surface area contributed by atoms with Crippen molar-refractivity contribution >= 4 is 5.82 Å². The van der Waals surface area contributed by atoms with E-state index in [1.54, 1.807) is 0 Å². The van der Waals surface area contributed by atoms with Gasteiger partial charge in [-0.1, -0.05) is 16.4 Å². The molecule has 3 heterocycles. The Morgan fingerprint density at radius 1 is 1.42 bits per heavy atom. The van der Waals surface area contributed by atoms with Crippen LogP contribution in [0.25, 0.3) is 0 Å². The van der Waals surface area contributed by atoms with Crippen molar-refractivity contribution in [3.05, 3.63) is 35.3 Å². The first-order valence-corrected chi connectivity index (χ1v) is 6.55. The molecule has 0 aromatic carbocycles. The molecule has 1 aliphatic heterocycles. The first kappa shape index (κ1) is 12.1. The third kappa shape index (κ3) is 2.73. The molecular formula is C13H17N5O. The van der Waals surface area contributed by atoms with Gasteiger partial charge in [-0.25, -0.2) is 9.61 Å². The van der Waals surface area contributed by atoms with Gasteiger partial charge in [-0.05, 0) is 38.4 Å². The molecule has 6 heteroatoms. The SMILES string of the molecule is Cc1nonc1CNc1cccc([C@H]2CCCN2)n1. The Labute approximate surface area is 111 Å². The predicted octanol–water partition coefficient (Wildman–Crippen LogP) is 1.81. The predicted molar refractivity (Wildman–Crippen MR) is 70.6 cm³/mol. The summed E-state index contributed by atoms with van der Waals surface area (Å²) in [5.74, 6) is 0.855. The van der Waals surface area contributed by atoms with Crippen LogP contribution < -0.4 is 10.6 Å². The van der Waals surface area contributed by atoms with Gasteiger partial charge in [0.2, 0.25) is 0 Å². The van der Waals surface area contributed by atoms with Crippen LogP contribution in [-0.2, 0) is 6.54 Å². The molecule has 0 bridgehead atoms. The lowest BCUT2D eigenvalue weighted by molar-refractivity contribution is 0.301. The largest absolute Gasteiger partial charge is 0.364 e. The van der Waals surface area contributed by atoms with Crippen molar-refractivity contribution in [1.82, 2.24) is 20.6 Å². The number of hydrogen-bond donors (Lipinski definition) is 2. The van der Waals surface area contributed by atoms with Crippen molar-refractivity contribution < 1.29 is 4.63 Å². The maximum Gasteiger partial charge on any atom is 0.127 e. The van der Waals surface area contributed by atoms with Gasteiger partial charge in [0.15, 0.2) is 0 Å². The molecule has 3 rings (SSSR count). The molecule has 0 saturated carbocycles. The summed E-state index contributed by atoms with van der Waals surface area (Å²) < 4.78 is 4.67. The van der Waals surface area contributed by atoms with Crippen molar-refractivity contribution in [3.8, 4) is 0 Å². The van der Waals surface area contributed by atoms with Crippen LogP contribution in [0.4, 0.5) is 5.82 Å². The summed E-state index contributed by atoms with van der Waals surface area (Å²) in [6.45, 7) is 3.53. The Balaban J connectivity index is 1.67. The molecule has 2 aromatic heterocycles. The first-order valence-electron chi connectivity index (χ1n) is 6.55. The van der Waals surface area contributed by atoms with Gasteiger partial charge >= 0.3 is 0 Å². The fourth-order valence-corrected chi connectivity index (χ4v) is 2.27. The number of hydrogen-bond acceptors (Lipinski definition) is 6. The molecule has 0 amide bonds. The number of pyridine rings is 1. The quantitative estimate of drug-likeness (QED) is 0.872. The summed E-state index contributed by atoms with van der Waals surface area (Å²) in [5, 5.41) is 14.3. The first-order chi connectivity index (χ1) is 9.33. The molecule has 6 nitrogen and oxygen atoms in total. The fraction of sp³-hybridized carbons (Fsp3) is 0.462. The van der Waals surface area contributed by atoms with Crippen LogP contribution in [-0.4, -0.2) is 21.8 Å². The summed E-state index contributed by atoms with van der Waals surface area (Å²) in [6.07, 6.45) is 2.37. The van der Waals surface area contributed by atoms with Crippen LogP contribution in [0.1, 0.15) is 36.0 Å². The topological polar surface area (TPSA) is 75.9 Å². The molecule has 1 aliphatic rings. The van der Waals surface area contributed by atoms with Gasteiger partial charge in [-0.15, -0.1) is 0 Å². The second-order valence-corrected chi connectivity index (χ2v) is 4.75. The van der Waals surface area contributed by atoms with Gasteiger partial charge in [-0.3, -0.25) is 0 Å². The zero-order valence-corrected chi connectivity index (χ0v) is 10.9. The summed E-state index contributed by atoms with van der Waals surface area (Å²) in [6, 6.07) is 6.44. The minimum absolute atomic E-state index is 0.386. The van der Waals surface area contributed by atoms with E-state index in [0.29, 0.717) is 12.6 Å². The van der Waals surface area contributed by atoms with Crippen molar-refractivity contribution in [2.45, 2.75) is 32.4 Å². The van der Waals surface area contributed by atoms with Crippen LogP contribution in [0.2, 0.25) is 0 Å². The highest BCUT2D eigenvalue weighted by molar-refractivity contribution is 5.36. The highest BCUT2D eigenvalue weighted by Crippen LogP contribution is 2.22. The van der Waals surface area contributed by atoms with Crippen LogP contribution in [0.3, 0.4) is 0 Å². The number of nitrogens with zero attached hydrogens (tertiary/aromatic N) is 3. The Morgan fingerprint density at radius 2 is 2.37 bits per heavy atom. The molecule has 1 atom stereocenters. The second-order valence-electron chi connectivity index (χ2n) is 4.75. The maximum atomic E-state index is 4.67. The minimum Gasteiger partial charge on any atom is -0.364 e. The minimum atomic E-state index is 0.386. The normalized spacial score (nSPS) is 18.7. The zero-order chi connectivity index (χ0) is 13.1. The molecule has 1 saturated heterocycles. The third-order valence-corrected chi connectivity index (χ3v) is 3.37. The standard InChI is InChI=1S/C13H17N5O/c1-9-12(18-19-17-9)8-15-13-6-2-4-11(16-13)10-5-3-7-14-10/h2,4,6,10,14H,3,5,7-8H2,1H3,(H,15,16)/t10-/m1/s1. The summed E-state index contributed by atoms with van der Waals surface area (Å²) >= 11 is 0. The summed E-state index contributed by atoms with van der Waals surface area (Å²) in [4.78, 5) is 4.63. The molecule has 0 aliphatic carbocycles. The lowest BCUT2D eigenvalue weighted by Crippen LogP contribution is -2.15. The van der Waals surface area contributed by atoms with E-state index in [2.05, 4.69) is 36.6 Å². The average molecular weight is 259 g/mol. The Kier molecular flexibility index (Phi) is 3.41. The average Bonchev–Trinajstić information content (AvgIpc) is 3.08. The van der Waals surface area contributed by atoms with Crippen LogP contribution >= 0.6 is 0 Å². The highest BCUT2D eigenvalue weighted by atomic mass is 16.6. The Hall–Kier alpha value is -1.95. The Morgan fingerprint density at radius 3 is 3.11 bits per heavy atom. The summed E-state index contributed by atoms with van der Waals surface area (Å²) in [7, 11) is 0. The molecular weight excluding hydrogens is 242 g/mol. The van der Waals surface area contributed by atoms with E-state index in [1.807, 2.05) is 19.1 Å². The third-order valence-electron chi connectivity index (χ3n) is 3.37. The van der Waals surface area contributed by atoms with Crippen molar-refractivity contribution in [1.29, 1.82) is 0 Å². The number of rotatable bonds is 4. The van der Waals surface area contributed by atoms with Gasteiger partial charge in [0.1, 0.15) is 17.2 Å². The van der Waals surface area contributed by atoms with Gasteiger partial charge in [0.05, 0.1) is 12.2 Å². The van der Waals surface area contributed by atoms with E-state index >= 15 is 0 Å². The van der Waals surface area contributed by atoms with E-state index in [1.165, 1.54) is 6.42 Å².